The van der Waals surface area contributed by atoms with Gasteiger partial charge >= 0.3 is 5.51 Å². The SMILES string of the molecule is FC(F)(F)SCCNCC1CC2CCC1C2. The fourth-order valence-corrected chi connectivity index (χ4v) is 3.63. The molecule has 16 heavy (non-hydrogen) atoms. The minimum Gasteiger partial charge on any atom is -0.316 e. The van der Waals surface area contributed by atoms with Crippen LogP contribution in [0.1, 0.15) is 25.7 Å². The van der Waals surface area contributed by atoms with Gasteiger partial charge in [-0.2, -0.15) is 13.2 Å². The molecule has 2 fully saturated rings. The normalized spacial score (nSPS) is 33.6. The molecule has 1 nitrogen and oxygen atoms in total. The van der Waals surface area contributed by atoms with E-state index >= 15 is 0 Å². The van der Waals surface area contributed by atoms with Gasteiger partial charge in [0.15, 0.2) is 0 Å². The average Bonchev–Trinajstić information content (AvgIpc) is 2.76. The van der Waals surface area contributed by atoms with Crippen molar-refractivity contribution in [2.24, 2.45) is 17.8 Å². The number of rotatable bonds is 5. The first-order valence-corrected chi connectivity index (χ1v) is 6.94. The third kappa shape index (κ3) is 3.55. The van der Waals surface area contributed by atoms with Crippen LogP contribution in [0.5, 0.6) is 0 Å². The van der Waals surface area contributed by atoms with Gasteiger partial charge in [0.1, 0.15) is 0 Å². The molecule has 2 rings (SSSR count). The molecule has 2 aliphatic carbocycles. The largest absolute Gasteiger partial charge is 0.441 e. The van der Waals surface area contributed by atoms with Crippen molar-refractivity contribution >= 4 is 11.8 Å². The maximum Gasteiger partial charge on any atom is 0.441 e. The fourth-order valence-electron chi connectivity index (χ4n) is 3.15. The van der Waals surface area contributed by atoms with E-state index in [1.54, 1.807) is 0 Å². The summed E-state index contributed by atoms with van der Waals surface area (Å²) in [5.41, 5.74) is -4.08. The molecular weight excluding hydrogens is 235 g/mol. The second-order valence-corrected chi connectivity index (χ2v) is 6.09. The van der Waals surface area contributed by atoms with Gasteiger partial charge in [-0.1, -0.05) is 6.42 Å². The lowest BCUT2D eigenvalue weighted by Crippen LogP contribution is -2.28. The summed E-state index contributed by atoms with van der Waals surface area (Å²) in [6.07, 6.45) is 5.38. The Labute approximate surface area is 98.5 Å². The lowest BCUT2D eigenvalue weighted by Gasteiger charge is -2.21. The second-order valence-electron chi connectivity index (χ2n) is 4.93. The third-order valence-corrected chi connectivity index (χ3v) is 4.57. The van der Waals surface area contributed by atoms with Gasteiger partial charge in [0.25, 0.3) is 0 Å². The van der Waals surface area contributed by atoms with E-state index in [0.717, 1.165) is 24.3 Å². The maximum absolute atomic E-state index is 11.8. The summed E-state index contributed by atoms with van der Waals surface area (Å²) in [5, 5.41) is 3.16. The highest BCUT2D eigenvalue weighted by molar-refractivity contribution is 8.00. The molecule has 1 N–H and O–H groups in total. The molecule has 0 heterocycles. The molecule has 3 unspecified atom stereocenters. The van der Waals surface area contributed by atoms with Gasteiger partial charge in [0, 0.05) is 12.3 Å². The summed E-state index contributed by atoms with van der Waals surface area (Å²) in [6, 6.07) is 0. The Bertz CT molecular complexity index is 232. The fraction of sp³-hybridized carbons (Fsp3) is 1.00. The van der Waals surface area contributed by atoms with Crippen molar-refractivity contribution < 1.29 is 13.2 Å². The molecule has 0 aromatic heterocycles. The van der Waals surface area contributed by atoms with Crippen molar-refractivity contribution in [3.8, 4) is 0 Å². The van der Waals surface area contributed by atoms with Gasteiger partial charge in [-0.25, -0.2) is 0 Å². The zero-order chi connectivity index (χ0) is 11.6. The quantitative estimate of drug-likeness (QED) is 0.755. The van der Waals surface area contributed by atoms with E-state index in [1.165, 1.54) is 25.7 Å². The number of halogens is 3. The highest BCUT2D eigenvalue weighted by atomic mass is 32.2. The van der Waals surface area contributed by atoms with Gasteiger partial charge in [-0.05, 0) is 55.3 Å². The van der Waals surface area contributed by atoms with Gasteiger partial charge in [0.05, 0.1) is 0 Å². The Morgan fingerprint density at radius 3 is 2.56 bits per heavy atom. The van der Waals surface area contributed by atoms with E-state index in [-0.39, 0.29) is 17.5 Å². The van der Waals surface area contributed by atoms with E-state index in [9.17, 15) is 13.2 Å². The summed E-state index contributed by atoms with van der Waals surface area (Å²) in [6.45, 7) is 1.39. The van der Waals surface area contributed by atoms with E-state index in [4.69, 9.17) is 0 Å². The van der Waals surface area contributed by atoms with Gasteiger partial charge < -0.3 is 5.32 Å². The molecule has 0 aromatic rings. The molecule has 0 amide bonds. The van der Waals surface area contributed by atoms with Crippen LogP contribution in [0.25, 0.3) is 0 Å². The average molecular weight is 253 g/mol. The van der Waals surface area contributed by atoms with Crippen LogP contribution in [0.4, 0.5) is 13.2 Å². The molecule has 94 valence electrons. The second kappa shape index (κ2) is 5.17. The Balaban J connectivity index is 1.52. The first-order chi connectivity index (χ1) is 7.54. The Morgan fingerprint density at radius 1 is 1.19 bits per heavy atom. The number of hydrogen-bond acceptors (Lipinski definition) is 2. The number of alkyl halides is 3. The third-order valence-electron chi connectivity index (χ3n) is 3.84. The van der Waals surface area contributed by atoms with Crippen molar-refractivity contribution in [3.63, 3.8) is 0 Å². The van der Waals surface area contributed by atoms with Crippen LogP contribution < -0.4 is 5.32 Å². The van der Waals surface area contributed by atoms with E-state index in [2.05, 4.69) is 5.32 Å². The molecule has 5 heteroatoms. The standard InChI is InChI=1S/C11H18F3NS/c12-11(13,14)16-4-3-15-7-10-6-8-1-2-9(10)5-8/h8-10,15H,1-7H2. The van der Waals surface area contributed by atoms with Crippen molar-refractivity contribution in [1.82, 2.24) is 5.32 Å². The van der Waals surface area contributed by atoms with Crippen molar-refractivity contribution in [2.75, 3.05) is 18.8 Å². The molecular formula is C11H18F3NS. The predicted molar refractivity (Wildman–Crippen MR) is 60.3 cm³/mol. The van der Waals surface area contributed by atoms with Crippen LogP contribution in [0, 0.1) is 17.8 Å². The van der Waals surface area contributed by atoms with E-state index in [0.29, 0.717) is 6.54 Å². The summed E-state index contributed by atoms with van der Waals surface area (Å²) in [7, 11) is 0. The topological polar surface area (TPSA) is 12.0 Å². The smallest absolute Gasteiger partial charge is 0.316 e. The van der Waals surface area contributed by atoms with Gasteiger partial charge in [-0.15, -0.1) is 0 Å². The van der Waals surface area contributed by atoms with Gasteiger partial charge in [-0.3, -0.25) is 0 Å². The van der Waals surface area contributed by atoms with Crippen molar-refractivity contribution in [2.45, 2.75) is 31.2 Å². The van der Waals surface area contributed by atoms with Crippen LogP contribution in [-0.4, -0.2) is 24.4 Å². The first kappa shape index (κ1) is 12.6. The first-order valence-electron chi connectivity index (χ1n) is 5.96. The summed E-state index contributed by atoms with van der Waals surface area (Å²) >= 11 is 0.0689. The highest BCUT2D eigenvalue weighted by Gasteiger charge is 2.38. The van der Waals surface area contributed by atoms with Crippen LogP contribution in [0.3, 0.4) is 0 Å². The molecule has 2 aliphatic rings. The van der Waals surface area contributed by atoms with Crippen molar-refractivity contribution in [3.05, 3.63) is 0 Å². The number of hydrogen-bond donors (Lipinski definition) is 1. The molecule has 2 saturated carbocycles. The van der Waals surface area contributed by atoms with Crippen LogP contribution >= 0.6 is 11.8 Å². The molecule has 0 aliphatic heterocycles. The van der Waals surface area contributed by atoms with Gasteiger partial charge in [0.2, 0.25) is 0 Å². The van der Waals surface area contributed by atoms with Crippen LogP contribution in [0.15, 0.2) is 0 Å². The summed E-state index contributed by atoms with van der Waals surface area (Å²) in [5.74, 6) is 2.63. The summed E-state index contributed by atoms with van der Waals surface area (Å²) in [4.78, 5) is 0. The molecule has 0 radical (unpaired) electrons. The molecule has 3 atom stereocenters. The predicted octanol–water partition coefficient (Wildman–Crippen LogP) is 3.27. The Kier molecular flexibility index (Phi) is 4.06. The lowest BCUT2D eigenvalue weighted by molar-refractivity contribution is -0.0327. The molecule has 0 aromatic carbocycles. The van der Waals surface area contributed by atoms with Crippen molar-refractivity contribution in [1.29, 1.82) is 0 Å². The Morgan fingerprint density at radius 2 is 2.00 bits per heavy atom. The monoisotopic (exact) mass is 253 g/mol. The molecule has 0 spiro atoms. The number of thioether (sulfide) groups is 1. The zero-order valence-corrected chi connectivity index (χ0v) is 10.0. The van der Waals surface area contributed by atoms with Crippen LogP contribution in [0.2, 0.25) is 0 Å². The maximum atomic E-state index is 11.8. The zero-order valence-electron chi connectivity index (χ0n) is 9.22. The minimum atomic E-state index is -4.08. The number of nitrogens with one attached hydrogen (secondary N) is 1. The van der Waals surface area contributed by atoms with E-state index < -0.39 is 5.51 Å². The highest BCUT2D eigenvalue weighted by Crippen LogP contribution is 2.47. The van der Waals surface area contributed by atoms with Crippen LogP contribution in [-0.2, 0) is 0 Å². The lowest BCUT2D eigenvalue weighted by atomic mass is 9.89. The molecule has 0 saturated heterocycles. The Hall–Kier alpha value is 0.1000. The minimum absolute atomic E-state index is 0.0689. The molecule has 2 bridgehead atoms. The number of fused-ring (bicyclic) bond motifs is 2. The summed E-state index contributed by atoms with van der Waals surface area (Å²) < 4.78 is 35.5. The van der Waals surface area contributed by atoms with E-state index in [1.807, 2.05) is 0 Å².